The molecule has 1 fully saturated rings. The Morgan fingerprint density at radius 1 is 1.44 bits per heavy atom. The second-order valence-corrected chi connectivity index (χ2v) is 3.57. The van der Waals surface area contributed by atoms with Crippen LogP contribution in [0.15, 0.2) is 12.1 Å². The minimum absolute atomic E-state index is 0.0934. The zero-order chi connectivity index (χ0) is 11.5. The van der Waals surface area contributed by atoms with Gasteiger partial charge in [0.2, 0.25) is 0 Å². The monoisotopic (exact) mass is 229 g/mol. The zero-order valence-electron chi connectivity index (χ0n) is 8.93. The van der Waals surface area contributed by atoms with Gasteiger partial charge in [0.05, 0.1) is 19.8 Å². The molecule has 1 saturated heterocycles. The molecular formula is C11H13F2NO2. The molecule has 0 aromatic heterocycles. The number of benzene rings is 1. The lowest BCUT2D eigenvalue weighted by Crippen LogP contribution is -2.33. The zero-order valence-corrected chi connectivity index (χ0v) is 8.93. The molecule has 1 N–H and O–H groups in total. The molecule has 1 heterocycles. The lowest BCUT2D eigenvalue weighted by atomic mass is 10.1. The summed E-state index contributed by atoms with van der Waals surface area (Å²) in [5.74, 6) is -1.18. The Morgan fingerprint density at radius 2 is 2.25 bits per heavy atom. The van der Waals surface area contributed by atoms with Crippen LogP contribution < -0.4 is 10.1 Å². The number of nitrogens with one attached hydrogen (secondary N) is 1. The maximum absolute atomic E-state index is 13.8. The smallest absolute Gasteiger partial charge is 0.171 e. The molecule has 0 aliphatic carbocycles. The van der Waals surface area contributed by atoms with Gasteiger partial charge in [0.15, 0.2) is 11.6 Å². The van der Waals surface area contributed by atoms with E-state index in [1.54, 1.807) is 0 Å². The van der Waals surface area contributed by atoms with Crippen molar-refractivity contribution in [1.29, 1.82) is 0 Å². The van der Waals surface area contributed by atoms with Crippen LogP contribution in [0.1, 0.15) is 11.7 Å². The van der Waals surface area contributed by atoms with Crippen LogP contribution in [0.2, 0.25) is 0 Å². The van der Waals surface area contributed by atoms with Crippen LogP contribution in [-0.4, -0.2) is 26.8 Å². The van der Waals surface area contributed by atoms with Gasteiger partial charge < -0.3 is 14.8 Å². The Kier molecular flexibility index (Phi) is 3.36. The van der Waals surface area contributed by atoms with E-state index in [4.69, 9.17) is 9.47 Å². The number of methoxy groups -OCH3 is 1. The maximum atomic E-state index is 13.8. The van der Waals surface area contributed by atoms with E-state index in [-0.39, 0.29) is 11.3 Å². The molecule has 0 bridgehead atoms. The van der Waals surface area contributed by atoms with E-state index in [1.165, 1.54) is 7.11 Å². The summed E-state index contributed by atoms with van der Waals surface area (Å²) in [6, 6.07) is 2.17. The summed E-state index contributed by atoms with van der Waals surface area (Å²) < 4.78 is 37.2. The predicted molar refractivity (Wildman–Crippen MR) is 54.5 cm³/mol. The molecule has 0 radical (unpaired) electrons. The van der Waals surface area contributed by atoms with Gasteiger partial charge in [-0.2, -0.15) is 0 Å². The molecule has 1 aliphatic heterocycles. The lowest BCUT2D eigenvalue weighted by Gasteiger charge is -2.24. The van der Waals surface area contributed by atoms with Crippen molar-refractivity contribution in [2.45, 2.75) is 6.10 Å². The van der Waals surface area contributed by atoms with Crippen molar-refractivity contribution in [1.82, 2.24) is 5.32 Å². The van der Waals surface area contributed by atoms with Crippen molar-refractivity contribution in [3.8, 4) is 5.75 Å². The summed E-state index contributed by atoms with van der Waals surface area (Å²) in [5.41, 5.74) is 0.198. The molecule has 5 heteroatoms. The fraction of sp³-hybridized carbons (Fsp3) is 0.455. The Hall–Kier alpha value is -1.20. The fourth-order valence-corrected chi connectivity index (χ4v) is 1.73. The van der Waals surface area contributed by atoms with E-state index in [0.29, 0.717) is 13.2 Å². The first-order chi connectivity index (χ1) is 7.72. The quantitative estimate of drug-likeness (QED) is 0.836. The third-order valence-corrected chi connectivity index (χ3v) is 2.53. The van der Waals surface area contributed by atoms with Crippen LogP contribution in [0.5, 0.6) is 5.75 Å². The number of ether oxygens (including phenoxy) is 2. The van der Waals surface area contributed by atoms with Crippen LogP contribution in [0.25, 0.3) is 0 Å². The molecule has 0 spiro atoms. The Labute approximate surface area is 92.4 Å². The Bertz CT molecular complexity index is 378. The van der Waals surface area contributed by atoms with Crippen molar-refractivity contribution in [2.24, 2.45) is 0 Å². The molecule has 2 rings (SSSR count). The first-order valence-electron chi connectivity index (χ1n) is 5.07. The highest BCUT2D eigenvalue weighted by molar-refractivity contribution is 5.33. The molecule has 3 nitrogen and oxygen atoms in total. The number of hydrogen-bond acceptors (Lipinski definition) is 3. The van der Waals surface area contributed by atoms with E-state index in [2.05, 4.69) is 5.32 Å². The number of morpholine rings is 1. The van der Waals surface area contributed by atoms with E-state index < -0.39 is 17.7 Å². The van der Waals surface area contributed by atoms with Crippen LogP contribution in [0, 0.1) is 11.6 Å². The van der Waals surface area contributed by atoms with Gasteiger partial charge in [0.1, 0.15) is 5.82 Å². The van der Waals surface area contributed by atoms with Gasteiger partial charge in [-0.3, -0.25) is 0 Å². The largest absolute Gasteiger partial charge is 0.494 e. The van der Waals surface area contributed by atoms with E-state index >= 15 is 0 Å². The average Bonchev–Trinajstić information content (AvgIpc) is 2.33. The molecule has 88 valence electrons. The summed E-state index contributed by atoms with van der Waals surface area (Å²) in [5, 5.41) is 3.06. The number of halogens is 2. The van der Waals surface area contributed by atoms with E-state index in [9.17, 15) is 8.78 Å². The molecule has 1 atom stereocenters. The topological polar surface area (TPSA) is 30.5 Å². The van der Waals surface area contributed by atoms with Crippen LogP contribution >= 0.6 is 0 Å². The van der Waals surface area contributed by atoms with Crippen molar-refractivity contribution >= 4 is 0 Å². The second-order valence-electron chi connectivity index (χ2n) is 3.57. The summed E-state index contributed by atoms with van der Waals surface area (Å²) in [7, 11) is 1.31. The molecule has 16 heavy (non-hydrogen) atoms. The normalized spacial score (nSPS) is 20.8. The van der Waals surface area contributed by atoms with Gasteiger partial charge in [-0.1, -0.05) is 0 Å². The van der Waals surface area contributed by atoms with E-state index in [0.717, 1.165) is 18.7 Å². The summed E-state index contributed by atoms with van der Waals surface area (Å²) in [6.07, 6.45) is -0.460. The summed E-state index contributed by atoms with van der Waals surface area (Å²) in [4.78, 5) is 0. The van der Waals surface area contributed by atoms with Crippen molar-refractivity contribution in [3.05, 3.63) is 29.3 Å². The number of rotatable bonds is 2. The fourth-order valence-electron chi connectivity index (χ4n) is 1.73. The van der Waals surface area contributed by atoms with Crippen LogP contribution in [0.3, 0.4) is 0 Å². The molecule has 0 saturated carbocycles. The van der Waals surface area contributed by atoms with Gasteiger partial charge >= 0.3 is 0 Å². The van der Waals surface area contributed by atoms with Gasteiger partial charge in [-0.15, -0.1) is 0 Å². The van der Waals surface area contributed by atoms with Gasteiger partial charge in [-0.05, 0) is 6.07 Å². The molecular weight excluding hydrogens is 216 g/mol. The molecule has 1 aromatic carbocycles. The van der Waals surface area contributed by atoms with Gasteiger partial charge in [-0.25, -0.2) is 8.78 Å². The van der Waals surface area contributed by atoms with Crippen LogP contribution in [0.4, 0.5) is 8.78 Å². The molecule has 1 aromatic rings. The average molecular weight is 229 g/mol. The third kappa shape index (κ3) is 2.15. The Balaban J connectivity index is 2.34. The van der Waals surface area contributed by atoms with Crippen molar-refractivity contribution < 1.29 is 18.3 Å². The first-order valence-corrected chi connectivity index (χ1v) is 5.07. The molecule has 1 aliphatic rings. The third-order valence-electron chi connectivity index (χ3n) is 2.53. The molecule has 1 unspecified atom stereocenters. The highest BCUT2D eigenvalue weighted by Gasteiger charge is 2.22. The highest BCUT2D eigenvalue weighted by Crippen LogP contribution is 2.29. The minimum atomic E-state index is -0.558. The minimum Gasteiger partial charge on any atom is -0.494 e. The van der Waals surface area contributed by atoms with Gasteiger partial charge in [0.25, 0.3) is 0 Å². The first kappa shape index (κ1) is 11.3. The lowest BCUT2D eigenvalue weighted by molar-refractivity contribution is 0.0250. The summed E-state index contributed by atoms with van der Waals surface area (Å²) >= 11 is 0. The number of hydrogen-bond donors (Lipinski definition) is 1. The highest BCUT2D eigenvalue weighted by atomic mass is 19.1. The van der Waals surface area contributed by atoms with Crippen LogP contribution in [-0.2, 0) is 4.74 Å². The SMILES string of the molecule is COc1cc(F)cc(C2CNCCO2)c1F. The second kappa shape index (κ2) is 4.76. The maximum Gasteiger partial charge on any atom is 0.171 e. The summed E-state index contributed by atoms with van der Waals surface area (Å²) in [6.45, 7) is 1.69. The Morgan fingerprint density at radius 3 is 2.88 bits per heavy atom. The van der Waals surface area contributed by atoms with Crippen molar-refractivity contribution in [2.75, 3.05) is 26.8 Å². The van der Waals surface area contributed by atoms with E-state index in [1.807, 2.05) is 0 Å². The van der Waals surface area contributed by atoms with Gasteiger partial charge in [0, 0.05) is 24.7 Å². The predicted octanol–water partition coefficient (Wildman–Crippen LogP) is 1.63. The molecule has 0 amide bonds. The van der Waals surface area contributed by atoms with Crippen molar-refractivity contribution in [3.63, 3.8) is 0 Å². The standard InChI is InChI=1S/C11H13F2NO2/c1-15-9-5-7(12)4-8(11(9)13)10-6-14-2-3-16-10/h4-5,10,14H,2-3,6H2,1H3.